The van der Waals surface area contributed by atoms with E-state index in [2.05, 4.69) is 83.1 Å². The van der Waals surface area contributed by atoms with Crippen LogP contribution in [0.3, 0.4) is 0 Å². The molecule has 0 bridgehead atoms. The number of hydrogen-bond donors (Lipinski definition) is 1. The summed E-state index contributed by atoms with van der Waals surface area (Å²) >= 11 is 0. The monoisotopic (exact) mass is 410 g/mol. The summed E-state index contributed by atoms with van der Waals surface area (Å²) in [7, 11) is 0. The number of aliphatic hydroxyl groups is 1. The third kappa shape index (κ3) is 7.55. The first-order valence-corrected chi connectivity index (χ1v) is 12.6. The summed E-state index contributed by atoms with van der Waals surface area (Å²) in [5, 5.41) is 10.4. The van der Waals surface area contributed by atoms with E-state index in [9.17, 15) is 5.11 Å². The third-order valence-electron chi connectivity index (χ3n) is 8.73. The molecular weight excluding hydrogens is 352 g/mol. The molecule has 0 amide bonds. The summed E-state index contributed by atoms with van der Waals surface area (Å²) in [6.45, 7) is 31.9. The van der Waals surface area contributed by atoms with Crippen molar-refractivity contribution in [2.75, 3.05) is 0 Å². The molecule has 2 saturated carbocycles. The van der Waals surface area contributed by atoms with E-state index < -0.39 is 0 Å². The van der Waals surface area contributed by atoms with Crippen LogP contribution in [0.25, 0.3) is 0 Å². The Labute approximate surface area is 185 Å². The summed E-state index contributed by atoms with van der Waals surface area (Å²) in [6.07, 6.45) is 7.76. The van der Waals surface area contributed by atoms with Crippen LogP contribution in [0, 0.1) is 38.9 Å². The minimum Gasteiger partial charge on any atom is -0.392 e. The summed E-state index contributed by atoms with van der Waals surface area (Å²) in [5.41, 5.74) is 1.71. The summed E-state index contributed by atoms with van der Waals surface area (Å²) < 4.78 is 0. The third-order valence-corrected chi connectivity index (χ3v) is 8.73. The van der Waals surface area contributed by atoms with Crippen LogP contribution in [0.4, 0.5) is 0 Å². The van der Waals surface area contributed by atoms with E-state index in [0.717, 1.165) is 18.8 Å². The second-order valence-corrected chi connectivity index (χ2v) is 13.5. The highest BCUT2D eigenvalue weighted by atomic mass is 16.3. The van der Waals surface area contributed by atoms with Crippen molar-refractivity contribution in [1.82, 2.24) is 0 Å². The quantitative estimate of drug-likeness (QED) is 0.481. The van der Waals surface area contributed by atoms with Crippen LogP contribution in [0.2, 0.25) is 0 Å². The van der Waals surface area contributed by atoms with Gasteiger partial charge < -0.3 is 5.11 Å². The standard InChI is InChI=1S/C14H28O.C12H24.C2H6/c1-10(2)14(7)8-12(3,4)11(15)13(5,6)9-14;1-10(2)12(5)8-6-11(3,4)7-9-12;1-2/h10-11,15H,8-9H2,1-7H3;10H,6-9H2,1-5H3;1-2H3. The van der Waals surface area contributed by atoms with Crippen LogP contribution in [-0.2, 0) is 0 Å². The Morgan fingerprint density at radius 3 is 1.17 bits per heavy atom. The molecule has 0 aliphatic heterocycles. The molecule has 2 aliphatic rings. The maximum absolute atomic E-state index is 10.4. The minimum atomic E-state index is -0.183. The number of aliphatic hydroxyl groups excluding tert-OH is 1. The molecule has 2 aliphatic carbocycles. The number of rotatable bonds is 2. The van der Waals surface area contributed by atoms with E-state index in [1.807, 2.05) is 13.8 Å². The normalized spacial score (nSPS) is 32.0. The maximum Gasteiger partial charge on any atom is 0.0642 e. The van der Waals surface area contributed by atoms with Gasteiger partial charge in [-0.05, 0) is 77.4 Å². The highest BCUT2D eigenvalue weighted by Crippen LogP contribution is 2.56. The van der Waals surface area contributed by atoms with Gasteiger partial charge in [0.2, 0.25) is 0 Å². The van der Waals surface area contributed by atoms with E-state index in [0.29, 0.717) is 22.2 Å². The van der Waals surface area contributed by atoms with Gasteiger partial charge in [0, 0.05) is 0 Å². The fourth-order valence-electron chi connectivity index (χ4n) is 5.88. The van der Waals surface area contributed by atoms with Crippen molar-refractivity contribution in [2.45, 2.75) is 142 Å². The van der Waals surface area contributed by atoms with E-state index in [1.54, 1.807) is 0 Å². The van der Waals surface area contributed by atoms with Crippen molar-refractivity contribution < 1.29 is 5.11 Å². The average Bonchev–Trinajstić information content (AvgIpc) is 2.57. The Bertz CT molecular complexity index is 453. The van der Waals surface area contributed by atoms with Crippen LogP contribution < -0.4 is 0 Å². The lowest BCUT2D eigenvalue weighted by molar-refractivity contribution is -0.132. The SMILES string of the molecule is CC.CC(C)C1(C)CC(C)(C)C(O)C(C)(C)C1.CC(C)C1(C)CCC(C)(C)CC1. The Morgan fingerprint density at radius 2 is 0.897 bits per heavy atom. The highest BCUT2D eigenvalue weighted by Gasteiger charge is 2.52. The largest absolute Gasteiger partial charge is 0.392 e. The van der Waals surface area contributed by atoms with Gasteiger partial charge >= 0.3 is 0 Å². The molecule has 0 radical (unpaired) electrons. The molecule has 0 aromatic carbocycles. The second-order valence-electron chi connectivity index (χ2n) is 13.5. The van der Waals surface area contributed by atoms with E-state index in [-0.39, 0.29) is 16.9 Å². The predicted octanol–water partition coefficient (Wildman–Crippen LogP) is 9.13. The Hall–Kier alpha value is -0.0400. The molecule has 1 heteroatoms. The molecule has 176 valence electrons. The van der Waals surface area contributed by atoms with Crippen molar-refractivity contribution in [3.63, 3.8) is 0 Å². The molecule has 1 nitrogen and oxygen atoms in total. The topological polar surface area (TPSA) is 20.2 Å². The molecule has 0 atom stereocenters. The van der Waals surface area contributed by atoms with Gasteiger partial charge in [0.25, 0.3) is 0 Å². The van der Waals surface area contributed by atoms with Crippen LogP contribution in [0.5, 0.6) is 0 Å². The molecular formula is C28H58O. The summed E-state index contributed by atoms with van der Waals surface area (Å²) in [4.78, 5) is 0. The van der Waals surface area contributed by atoms with E-state index in [4.69, 9.17) is 0 Å². The van der Waals surface area contributed by atoms with Gasteiger partial charge in [-0.25, -0.2) is 0 Å². The van der Waals surface area contributed by atoms with Gasteiger partial charge in [0.05, 0.1) is 6.10 Å². The average molecular weight is 411 g/mol. The second kappa shape index (κ2) is 10.1. The highest BCUT2D eigenvalue weighted by molar-refractivity contribution is 5.02. The molecule has 0 saturated heterocycles. The smallest absolute Gasteiger partial charge is 0.0642 e. The van der Waals surface area contributed by atoms with Gasteiger partial charge in [-0.1, -0.05) is 96.9 Å². The van der Waals surface area contributed by atoms with Crippen molar-refractivity contribution in [3.8, 4) is 0 Å². The Balaban J connectivity index is 0.000000508. The van der Waals surface area contributed by atoms with Crippen LogP contribution >= 0.6 is 0 Å². The van der Waals surface area contributed by atoms with Crippen molar-refractivity contribution in [1.29, 1.82) is 0 Å². The fraction of sp³-hybridized carbons (Fsp3) is 1.00. The molecule has 0 unspecified atom stereocenters. The van der Waals surface area contributed by atoms with E-state index in [1.165, 1.54) is 25.7 Å². The first-order valence-electron chi connectivity index (χ1n) is 12.6. The predicted molar refractivity (Wildman–Crippen MR) is 132 cm³/mol. The number of hydrogen-bond acceptors (Lipinski definition) is 1. The van der Waals surface area contributed by atoms with Crippen molar-refractivity contribution >= 4 is 0 Å². The summed E-state index contributed by atoms with van der Waals surface area (Å²) in [5.74, 6) is 1.54. The van der Waals surface area contributed by atoms with Gasteiger partial charge in [-0.3, -0.25) is 0 Å². The lowest BCUT2D eigenvalue weighted by atomic mass is 9.51. The van der Waals surface area contributed by atoms with Gasteiger partial charge in [-0.2, -0.15) is 0 Å². The zero-order chi connectivity index (χ0) is 23.5. The zero-order valence-electron chi connectivity index (χ0n) is 22.9. The molecule has 29 heavy (non-hydrogen) atoms. The maximum atomic E-state index is 10.4. The van der Waals surface area contributed by atoms with Crippen molar-refractivity contribution in [3.05, 3.63) is 0 Å². The Morgan fingerprint density at radius 1 is 0.586 bits per heavy atom. The van der Waals surface area contributed by atoms with Gasteiger partial charge in [-0.15, -0.1) is 0 Å². The van der Waals surface area contributed by atoms with Gasteiger partial charge in [0.1, 0.15) is 0 Å². The Kier molecular flexibility index (Phi) is 10.0. The summed E-state index contributed by atoms with van der Waals surface area (Å²) in [6, 6.07) is 0. The lowest BCUT2D eigenvalue weighted by Crippen LogP contribution is -2.52. The van der Waals surface area contributed by atoms with Crippen molar-refractivity contribution in [2.24, 2.45) is 38.9 Å². The molecule has 0 aromatic heterocycles. The van der Waals surface area contributed by atoms with Gasteiger partial charge in [0.15, 0.2) is 0 Å². The van der Waals surface area contributed by atoms with Crippen LogP contribution in [0.1, 0.15) is 135 Å². The lowest BCUT2D eigenvalue weighted by Gasteiger charge is -2.55. The fourth-order valence-corrected chi connectivity index (χ4v) is 5.88. The first-order chi connectivity index (χ1) is 12.9. The van der Waals surface area contributed by atoms with E-state index >= 15 is 0 Å². The van der Waals surface area contributed by atoms with Crippen LogP contribution in [0.15, 0.2) is 0 Å². The zero-order valence-corrected chi connectivity index (χ0v) is 22.9. The molecule has 0 spiro atoms. The molecule has 0 heterocycles. The van der Waals surface area contributed by atoms with Crippen LogP contribution in [-0.4, -0.2) is 11.2 Å². The molecule has 0 aromatic rings. The molecule has 2 rings (SSSR count). The first kappa shape index (κ1) is 29.0. The molecule has 2 fully saturated rings. The minimum absolute atomic E-state index is 0.0424. The molecule has 1 N–H and O–H groups in total.